The average Bonchev–Trinajstić information content (AvgIpc) is 3.31. The first kappa shape index (κ1) is 20.4. The predicted octanol–water partition coefficient (Wildman–Crippen LogP) is 3.26. The molecule has 0 saturated carbocycles. The van der Waals surface area contributed by atoms with Gasteiger partial charge in [-0.2, -0.15) is 10.2 Å². The van der Waals surface area contributed by atoms with Crippen LogP contribution in [-0.4, -0.2) is 38.7 Å². The van der Waals surface area contributed by atoms with Gasteiger partial charge in [0.1, 0.15) is 0 Å². The molecule has 0 fully saturated rings. The van der Waals surface area contributed by atoms with E-state index in [-0.39, 0.29) is 5.91 Å². The molecule has 0 aliphatic carbocycles. The van der Waals surface area contributed by atoms with Crippen molar-refractivity contribution in [2.24, 2.45) is 0 Å². The summed E-state index contributed by atoms with van der Waals surface area (Å²) >= 11 is 0. The van der Waals surface area contributed by atoms with Crippen molar-refractivity contribution in [3.05, 3.63) is 54.1 Å². The van der Waals surface area contributed by atoms with Crippen molar-refractivity contribution in [1.29, 1.82) is 0 Å². The second kappa shape index (κ2) is 9.77. The molecule has 0 atom stereocenters. The minimum atomic E-state index is -0.0718. The topological polar surface area (TPSA) is 83.2 Å². The molecule has 2 aromatic heterocycles. The Morgan fingerprint density at radius 2 is 1.90 bits per heavy atom. The van der Waals surface area contributed by atoms with Gasteiger partial charge in [-0.05, 0) is 44.5 Å². The number of anilines is 1. The van der Waals surface area contributed by atoms with Gasteiger partial charge >= 0.3 is 0 Å². The fourth-order valence-electron chi connectivity index (χ4n) is 2.92. The Kier molecular flexibility index (Phi) is 6.89. The van der Waals surface area contributed by atoms with Crippen LogP contribution < -0.4 is 14.8 Å². The van der Waals surface area contributed by atoms with Crippen molar-refractivity contribution >= 4 is 11.6 Å². The second-order valence-corrected chi connectivity index (χ2v) is 6.59. The maximum atomic E-state index is 12.2. The summed E-state index contributed by atoms with van der Waals surface area (Å²) in [6.45, 7) is 8.07. The van der Waals surface area contributed by atoms with E-state index in [0.29, 0.717) is 38.4 Å². The van der Waals surface area contributed by atoms with Crippen LogP contribution in [0.2, 0.25) is 0 Å². The Balaban J connectivity index is 1.56. The molecular formula is C21H27N5O3. The number of aryl methyl sites for hydroxylation is 2. The molecule has 0 spiro atoms. The quantitative estimate of drug-likeness (QED) is 0.568. The molecule has 29 heavy (non-hydrogen) atoms. The summed E-state index contributed by atoms with van der Waals surface area (Å²) in [6, 6.07) is 7.77. The van der Waals surface area contributed by atoms with E-state index in [1.54, 1.807) is 15.6 Å². The zero-order chi connectivity index (χ0) is 20.6. The monoisotopic (exact) mass is 397 g/mol. The molecular weight excluding hydrogens is 370 g/mol. The van der Waals surface area contributed by atoms with Crippen LogP contribution in [0.15, 0.2) is 42.9 Å². The van der Waals surface area contributed by atoms with Crippen LogP contribution in [-0.2, 0) is 17.9 Å². The standard InChI is InChI=1S/C21H27N5O3/c1-4-28-19-7-6-17(12-20(19)29-5-2)14-26-15-18(13-22-26)23-21(27)9-11-25-10-8-16(3)24-25/h6-8,10,12-13,15H,4-5,9,11,14H2,1-3H3,(H,23,27). The summed E-state index contributed by atoms with van der Waals surface area (Å²) in [5.74, 6) is 1.39. The van der Waals surface area contributed by atoms with Gasteiger partial charge < -0.3 is 14.8 Å². The summed E-state index contributed by atoms with van der Waals surface area (Å²) in [6.07, 6.45) is 5.68. The van der Waals surface area contributed by atoms with E-state index in [1.807, 2.05) is 57.4 Å². The molecule has 0 aliphatic heterocycles. The number of nitrogens with one attached hydrogen (secondary N) is 1. The molecule has 1 N–H and O–H groups in total. The van der Waals surface area contributed by atoms with Crippen molar-refractivity contribution in [1.82, 2.24) is 19.6 Å². The summed E-state index contributed by atoms with van der Waals surface area (Å²) in [7, 11) is 0. The van der Waals surface area contributed by atoms with Gasteiger partial charge in [-0.1, -0.05) is 6.07 Å². The van der Waals surface area contributed by atoms with Gasteiger partial charge in [-0.25, -0.2) is 0 Å². The van der Waals surface area contributed by atoms with Crippen LogP contribution in [0.4, 0.5) is 5.69 Å². The third-order valence-electron chi connectivity index (χ3n) is 4.21. The molecule has 1 amide bonds. The highest BCUT2D eigenvalue weighted by Gasteiger charge is 2.09. The molecule has 8 nitrogen and oxygen atoms in total. The van der Waals surface area contributed by atoms with Crippen molar-refractivity contribution in [2.45, 2.75) is 40.3 Å². The molecule has 154 valence electrons. The lowest BCUT2D eigenvalue weighted by Gasteiger charge is -2.12. The van der Waals surface area contributed by atoms with Crippen molar-refractivity contribution < 1.29 is 14.3 Å². The highest BCUT2D eigenvalue weighted by molar-refractivity contribution is 5.90. The summed E-state index contributed by atoms with van der Waals surface area (Å²) in [5, 5.41) is 11.5. The van der Waals surface area contributed by atoms with E-state index in [0.717, 1.165) is 22.8 Å². The lowest BCUT2D eigenvalue weighted by atomic mass is 10.2. The highest BCUT2D eigenvalue weighted by atomic mass is 16.5. The first-order valence-corrected chi connectivity index (χ1v) is 9.78. The Bertz CT molecular complexity index is 947. The number of nitrogens with zero attached hydrogens (tertiary/aromatic N) is 4. The van der Waals surface area contributed by atoms with Gasteiger partial charge in [0.15, 0.2) is 11.5 Å². The van der Waals surface area contributed by atoms with Crippen molar-refractivity contribution in [3.8, 4) is 11.5 Å². The van der Waals surface area contributed by atoms with Crippen LogP contribution >= 0.6 is 0 Å². The van der Waals surface area contributed by atoms with Gasteiger partial charge in [0.2, 0.25) is 5.91 Å². The number of aromatic nitrogens is 4. The largest absolute Gasteiger partial charge is 0.490 e. The minimum absolute atomic E-state index is 0.0718. The number of hydrogen-bond donors (Lipinski definition) is 1. The Morgan fingerprint density at radius 3 is 2.62 bits per heavy atom. The number of carbonyl (C=O) groups excluding carboxylic acids is 1. The SMILES string of the molecule is CCOc1ccc(Cn2cc(NC(=O)CCn3ccc(C)n3)cn2)cc1OCC. The number of carbonyl (C=O) groups is 1. The first-order valence-electron chi connectivity index (χ1n) is 9.78. The van der Waals surface area contributed by atoms with Gasteiger partial charge in [-0.15, -0.1) is 0 Å². The van der Waals surface area contributed by atoms with E-state index >= 15 is 0 Å². The summed E-state index contributed by atoms with van der Waals surface area (Å²) < 4.78 is 14.8. The summed E-state index contributed by atoms with van der Waals surface area (Å²) in [5.41, 5.74) is 2.64. The average molecular weight is 397 g/mol. The fraction of sp³-hybridized carbons (Fsp3) is 0.381. The minimum Gasteiger partial charge on any atom is -0.490 e. The van der Waals surface area contributed by atoms with E-state index in [9.17, 15) is 4.79 Å². The molecule has 8 heteroatoms. The zero-order valence-corrected chi connectivity index (χ0v) is 17.1. The van der Waals surface area contributed by atoms with E-state index in [4.69, 9.17) is 9.47 Å². The molecule has 0 aliphatic rings. The molecule has 3 rings (SSSR count). The van der Waals surface area contributed by atoms with Crippen LogP contribution in [0.1, 0.15) is 31.5 Å². The number of rotatable bonds is 10. The molecule has 1 aromatic carbocycles. The predicted molar refractivity (Wildman–Crippen MR) is 110 cm³/mol. The number of hydrogen-bond acceptors (Lipinski definition) is 5. The van der Waals surface area contributed by atoms with Crippen LogP contribution in [0.25, 0.3) is 0 Å². The maximum Gasteiger partial charge on any atom is 0.226 e. The molecule has 0 saturated heterocycles. The molecule has 0 unspecified atom stereocenters. The van der Waals surface area contributed by atoms with E-state index in [2.05, 4.69) is 15.5 Å². The second-order valence-electron chi connectivity index (χ2n) is 6.59. The molecule has 0 radical (unpaired) electrons. The fourth-order valence-corrected chi connectivity index (χ4v) is 2.92. The third-order valence-corrected chi connectivity index (χ3v) is 4.21. The lowest BCUT2D eigenvalue weighted by molar-refractivity contribution is -0.116. The lowest BCUT2D eigenvalue weighted by Crippen LogP contribution is -2.14. The van der Waals surface area contributed by atoms with Gasteiger partial charge in [0.05, 0.1) is 37.3 Å². The maximum absolute atomic E-state index is 12.2. The third kappa shape index (κ3) is 5.84. The van der Waals surface area contributed by atoms with Gasteiger partial charge in [0.25, 0.3) is 0 Å². The van der Waals surface area contributed by atoms with E-state index < -0.39 is 0 Å². The highest BCUT2D eigenvalue weighted by Crippen LogP contribution is 2.28. The molecule has 0 bridgehead atoms. The van der Waals surface area contributed by atoms with Gasteiger partial charge in [0, 0.05) is 25.4 Å². The number of benzene rings is 1. The van der Waals surface area contributed by atoms with Crippen LogP contribution in [0, 0.1) is 6.92 Å². The first-order chi connectivity index (χ1) is 14.1. The van der Waals surface area contributed by atoms with Crippen molar-refractivity contribution in [3.63, 3.8) is 0 Å². The van der Waals surface area contributed by atoms with Gasteiger partial charge in [-0.3, -0.25) is 14.2 Å². The molecule has 3 aromatic rings. The number of ether oxygens (including phenoxy) is 2. The smallest absolute Gasteiger partial charge is 0.226 e. The summed E-state index contributed by atoms with van der Waals surface area (Å²) in [4.78, 5) is 12.2. The van der Waals surface area contributed by atoms with E-state index in [1.165, 1.54) is 0 Å². The number of amides is 1. The normalized spacial score (nSPS) is 10.7. The Hall–Kier alpha value is -3.29. The molecule has 2 heterocycles. The zero-order valence-electron chi connectivity index (χ0n) is 17.1. The van der Waals surface area contributed by atoms with Crippen molar-refractivity contribution in [2.75, 3.05) is 18.5 Å². The Morgan fingerprint density at radius 1 is 1.10 bits per heavy atom. The van der Waals surface area contributed by atoms with Crippen LogP contribution in [0.3, 0.4) is 0 Å². The van der Waals surface area contributed by atoms with Crippen LogP contribution in [0.5, 0.6) is 11.5 Å². The Labute approximate surface area is 170 Å².